The number of benzene rings is 2. The van der Waals surface area contributed by atoms with Crippen LogP contribution in [0.5, 0.6) is 0 Å². The molecule has 2 rings (SSSR count). The van der Waals surface area contributed by atoms with Crippen LogP contribution in [0.3, 0.4) is 0 Å². The molecule has 0 radical (unpaired) electrons. The average Bonchev–Trinajstić information content (AvgIpc) is 2.67. The number of carbonyl (C=O) groups is 3. The largest absolute Gasteiger partial charge is 0.481 e. The van der Waals surface area contributed by atoms with Gasteiger partial charge in [-0.1, -0.05) is 55.1 Å². The van der Waals surface area contributed by atoms with Gasteiger partial charge in [0.1, 0.15) is 6.04 Å². The summed E-state index contributed by atoms with van der Waals surface area (Å²) in [6, 6.07) is 17.0. The lowest BCUT2D eigenvalue weighted by molar-refractivity contribution is -0.140. The molecule has 6 heteroatoms. The highest BCUT2D eigenvalue weighted by Crippen LogP contribution is 2.23. The molecule has 0 spiro atoms. The molecule has 2 aromatic rings. The van der Waals surface area contributed by atoms with Gasteiger partial charge < -0.3 is 5.11 Å². The van der Waals surface area contributed by atoms with Crippen molar-refractivity contribution in [3.63, 3.8) is 0 Å². The Morgan fingerprint density at radius 1 is 0.962 bits per heavy atom. The van der Waals surface area contributed by atoms with Crippen LogP contribution in [-0.4, -0.2) is 33.9 Å². The number of thioether (sulfide) groups is 1. The minimum atomic E-state index is -0.946. The van der Waals surface area contributed by atoms with Crippen LogP contribution in [0.1, 0.15) is 24.2 Å². The highest BCUT2D eigenvalue weighted by atomic mass is 32.2. The van der Waals surface area contributed by atoms with E-state index in [9.17, 15) is 14.4 Å². The second-order valence-corrected chi connectivity index (χ2v) is 6.95. The molecule has 2 aromatic carbocycles. The standard InChI is InChI=1S/C20H21NO4S/c1-14(19(23)24)13-26-20(25)15(2)21(17-11-7-4-8-12-17)18(22)16-9-5-3-6-10-16/h3-12,14-15H,13H2,1-2H3,(H,23,24). The van der Waals surface area contributed by atoms with E-state index in [0.717, 1.165) is 11.8 Å². The number of carboxylic acid groups (broad SMARTS) is 1. The second kappa shape index (κ2) is 9.20. The van der Waals surface area contributed by atoms with Crippen molar-refractivity contribution in [2.24, 2.45) is 5.92 Å². The fraction of sp³-hybridized carbons (Fsp3) is 0.250. The fourth-order valence-corrected chi connectivity index (χ4v) is 3.23. The Morgan fingerprint density at radius 2 is 1.50 bits per heavy atom. The number of anilines is 1. The van der Waals surface area contributed by atoms with Gasteiger partial charge in [0.15, 0.2) is 0 Å². The maximum absolute atomic E-state index is 13.0. The summed E-state index contributed by atoms with van der Waals surface area (Å²) in [7, 11) is 0. The molecule has 5 nitrogen and oxygen atoms in total. The Bertz CT molecular complexity index is 764. The first-order valence-electron chi connectivity index (χ1n) is 8.25. The topological polar surface area (TPSA) is 74.7 Å². The van der Waals surface area contributed by atoms with E-state index in [0.29, 0.717) is 11.3 Å². The van der Waals surface area contributed by atoms with E-state index in [2.05, 4.69) is 0 Å². The summed E-state index contributed by atoms with van der Waals surface area (Å²) in [4.78, 5) is 38.0. The summed E-state index contributed by atoms with van der Waals surface area (Å²) >= 11 is 0.943. The molecule has 0 aliphatic rings. The molecule has 26 heavy (non-hydrogen) atoms. The summed E-state index contributed by atoms with van der Waals surface area (Å²) in [5, 5.41) is 8.72. The van der Waals surface area contributed by atoms with Gasteiger partial charge in [0, 0.05) is 17.0 Å². The molecule has 0 fully saturated rings. The van der Waals surface area contributed by atoms with Crippen molar-refractivity contribution in [2.45, 2.75) is 19.9 Å². The number of rotatable bonds is 7. The molecule has 2 unspecified atom stereocenters. The Labute approximate surface area is 157 Å². The molecule has 0 bridgehead atoms. The summed E-state index contributed by atoms with van der Waals surface area (Å²) in [5.74, 6) is -1.69. The zero-order valence-corrected chi connectivity index (χ0v) is 15.5. The number of hydrogen-bond donors (Lipinski definition) is 1. The maximum Gasteiger partial charge on any atom is 0.307 e. The number of carboxylic acids is 1. The van der Waals surface area contributed by atoms with Crippen molar-refractivity contribution < 1.29 is 19.5 Å². The lowest BCUT2D eigenvalue weighted by atomic mass is 10.1. The predicted molar refractivity (Wildman–Crippen MR) is 103 cm³/mol. The SMILES string of the molecule is CC(CSC(=O)C(C)N(C(=O)c1ccccc1)c1ccccc1)C(=O)O. The van der Waals surface area contributed by atoms with Crippen LogP contribution >= 0.6 is 11.8 Å². The zero-order chi connectivity index (χ0) is 19.1. The monoisotopic (exact) mass is 371 g/mol. The summed E-state index contributed by atoms with van der Waals surface area (Å²) < 4.78 is 0. The Morgan fingerprint density at radius 3 is 2.04 bits per heavy atom. The summed E-state index contributed by atoms with van der Waals surface area (Å²) in [5.41, 5.74) is 1.11. The van der Waals surface area contributed by atoms with Gasteiger partial charge in [0.25, 0.3) is 5.91 Å². The van der Waals surface area contributed by atoms with Crippen molar-refractivity contribution >= 4 is 34.4 Å². The molecular formula is C20H21NO4S. The number of aliphatic carboxylic acids is 1. The van der Waals surface area contributed by atoms with Crippen molar-refractivity contribution in [3.8, 4) is 0 Å². The van der Waals surface area contributed by atoms with Gasteiger partial charge in [-0.05, 0) is 31.2 Å². The van der Waals surface area contributed by atoms with Gasteiger partial charge in [-0.15, -0.1) is 0 Å². The molecule has 2 atom stereocenters. The quantitative estimate of drug-likeness (QED) is 0.803. The molecule has 0 aromatic heterocycles. The van der Waals surface area contributed by atoms with E-state index >= 15 is 0 Å². The van der Waals surface area contributed by atoms with Crippen LogP contribution in [-0.2, 0) is 9.59 Å². The number of hydrogen-bond acceptors (Lipinski definition) is 4. The second-order valence-electron chi connectivity index (χ2n) is 5.92. The maximum atomic E-state index is 13.0. The van der Waals surface area contributed by atoms with Crippen molar-refractivity contribution in [3.05, 3.63) is 66.2 Å². The van der Waals surface area contributed by atoms with Crippen LogP contribution in [0.25, 0.3) is 0 Å². The van der Waals surface area contributed by atoms with Crippen LogP contribution in [0.2, 0.25) is 0 Å². The van der Waals surface area contributed by atoms with Gasteiger partial charge in [0.2, 0.25) is 5.12 Å². The van der Waals surface area contributed by atoms with E-state index < -0.39 is 17.9 Å². The van der Waals surface area contributed by atoms with Crippen molar-refractivity contribution in [1.29, 1.82) is 0 Å². The minimum absolute atomic E-state index is 0.167. The lowest BCUT2D eigenvalue weighted by Gasteiger charge is -2.28. The Kier molecular flexibility index (Phi) is 6.97. The van der Waals surface area contributed by atoms with Gasteiger partial charge in [-0.25, -0.2) is 0 Å². The number of amides is 1. The fourth-order valence-electron chi connectivity index (χ4n) is 2.33. The van der Waals surface area contributed by atoms with E-state index in [-0.39, 0.29) is 16.8 Å². The third-order valence-electron chi connectivity index (χ3n) is 3.90. The third kappa shape index (κ3) is 4.95. The molecule has 0 heterocycles. The highest BCUT2D eigenvalue weighted by molar-refractivity contribution is 8.13. The summed E-state index contributed by atoms with van der Waals surface area (Å²) in [6.07, 6.45) is 0. The molecule has 0 saturated heterocycles. The van der Waals surface area contributed by atoms with Crippen LogP contribution in [0.4, 0.5) is 5.69 Å². The first-order chi connectivity index (χ1) is 12.4. The van der Waals surface area contributed by atoms with Gasteiger partial charge in [-0.3, -0.25) is 19.3 Å². The van der Waals surface area contributed by atoms with Crippen LogP contribution in [0, 0.1) is 5.92 Å². The molecule has 1 amide bonds. The van der Waals surface area contributed by atoms with E-state index in [1.54, 1.807) is 62.4 Å². The van der Waals surface area contributed by atoms with Crippen molar-refractivity contribution in [2.75, 3.05) is 10.7 Å². The van der Waals surface area contributed by atoms with Gasteiger partial charge in [0.05, 0.1) is 5.92 Å². The van der Waals surface area contributed by atoms with E-state index in [4.69, 9.17) is 5.11 Å². The predicted octanol–water partition coefficient (Wildman–Crippen LogP) is 3.70. The molecular weight excluding hydrogens is 350 g/mol. The number of nitrogens with zero attached hydrogens (tertiary/aromatic N) is 1. The summed E-state index contributed by atoms with van der Waals surface area (Å²) in [6.45, 7) is 3.21. The average molecular weight is 371 g/mol. The number of carbonyl (C=O) groups excluding carboxylic acids is 2. The Balaban J connectivity index is 2.25. The van der Waals surface area contributed by atoms with E-state index in [1.807, 2.05) is 12.1 Å². The molecule has 136 valence electrons. The van der Waals surface area contributed by atoms with Gasteiger partial charge in [-0.2, -0.15) is 0 Å². The van der Waals surface area contributed by atoms with Crippen molar-refractivity contribution in [1.82, 2.24) is 0 Å². The first kappa shape index (κ1) is 19.7. The number of para-hydroxylation sites is 1. The lowest BCUT2D eigenvalue weighted by Crippen LogP contribution is -2.43. The third-order valence-corrected chi connectivity index (χ3v) is 5.19. The molecule has 0 aliphatic heterocycles. The zero-order valence-electron chi connectivity index (χ0n) is 14.7. The molecule has 1 N–H and O–H groups in total. The smallest absolute Gasteiger partial charge is 0.307 e. The first-order valence-corrected chi connectivity index (χ1v) is 9.23. The molecule has 0 saturated carbocycles. The normalized spacial score (nSPS) is 12.8. The minimum Gasteiger partial charge on any atom is -0.481 e. The van der Waals surface area contributed by atoms with Crippen LogP contribution in [0.15, 0.2) is 60.7 Å². The van der Waals surface area contributed by atoms with Crippen LogP contribution < -0.4 is 4.90 Å². The highest BCUT2D eigenvalue weighted by Gasteiger charge is 2.29. The Hall–Kier alpha value is -2.60. The van der Waals surface area contributed by atoms with E-state index in [1.165, 1.54) is 4.90 Å². The van der Waals surface area contributed by atoms with Gasteiger partial charge >= 0.3 is 5.97 Å². The molecule has 0 aliphatic carbocycles.